The number of ether oxygens (including phenoxy) is 2. The molecule has 0 spiro atoms. The second kappa shape index (κ2) is 8.25. The van der Waals surface area contributed by atoms with Crippen LogP contribution in [0.1, 0.15) is 24.5 Å². The summed E-state index contributed by atoms with van der Waals surface area (Å²) in [7, 11) is 3.16. The summed E-state index contributed by atoms with van der Waals surface area (Å²) in [5, 5.41) is 4.82. The van der Waals surface area contributed by atoms with Gasteiger partial charge in [-0.15, -0.1) is 0 Å². The number of methoxy groups -OCH3 is 2. The van der Waals surface area contributed by atoms with Crippen molar-refractivity contribution in [1.29, 1.82) is 0 Å². The highest BCUT2D eigenvalue weighted by Gasteiger charge is 2.25. The highest BCUT2D eigenvalue weighted by atomic mass is 35.5. The predicted molar refractivity (Wildman–Crippen MR) is 115 cm³/mol. The molecule has 1 aromatic heterocycles. The minimum atomic E-state index is -0.0981. The number of amides is 2. The Morgan fingerprint density at radius 3 is 2.55 bits per heavy atom. The van der Waals surface area contributed by atoms with Gasteiger partial charge in [-0.2, -0.15) is 0 Å². The molecule has 1 aliphatic rings. The molecule has 7 heteroatoms. The summed E-state index contributed by atoms with van der Waals surface area (Å²) in [4.78, 5) is 18.0. The highest BCUT2D eigenvalue weighted by Crippen LogP contribution is 2.32. The van der Waals surface area contributed by atoms with Crippen LogP contribution in [0.15, 0.2) is 42.5 Å². The van der Waals surface area contributed by atoms with E-state index in [2.05, 4.69) is 16.4 Å². The molecule has 2 N–H and O–H groups in total. The first-order valence-electron chi connectivity index (χ1n) is 9.63. The average Bonchev–Trinajstić information content (AvgIpc) is 3.17. The van der Waals surface area contributed by atoms with Crippen molar-refractivity contribution in [3.8, 4) is 11.5 Å². The van der Waals surface area contributed by atoms with Crippen molar-refractivity contribution in [3.63, 3.8) is 0 Å². The van der Waals surface area contributed by atoms with E-state index < -0.39 is 0 Å². The van der Waals surface area contributed by atoms with E-state index in [1.807, 2.05) is 29.2 Å². The van der Waals surface area contributed by atoms with Gasteiger partial charge in [-0.25, -0.2) is 4.79 Å². The molecule has 1 saturated heterocycles. The molecule has 1 aliphatic heterocycles. The molecule has 0 unspecified atom stereocenters. The maximum absolute atomic E-state index is 12.7. The highest BCUT2D eigenvalue weighted by molar-refractivity contribution is 6.31. The van der Waals surface area contributed by atoms with Gasteiger partial charge < -0.3 is 24.7 Å². The largest absolute Gasteiger partial charge is 0.493 e. The van der Waals surface area contributed by atoms with Crippen LogP contribution in [0.4, 0.5) is 10.5 Å². The van der Waals surface area contributed by atoms with Gasteiger partial charge in [0.05, 0.1) is 14.2 Å². The Labute approximate surface area is 174 Å². The van der Waals surface area contributed by atoms with Crippen LogP contribution in [0, 0.1) is 0 Å². The van der Waals surface area contributed by atoms with E-state index >= 15 is 0 Å². The third-order valence-corrected chi connectivity index (χ3v) is 5.70. The third-order valence-electron chi connectivity index (χ3n) is 5.46. The number of carbonyl (C=O) groups excluding carboxylic acids is 1. The van der Waals surface area contributed by atoms with Crippen LogP contribution in [-0.4, -0.2) is 43.2 Å². The van der Waals surface area contributed by atoms with Gasteiger partial charge in [0, 0.05) is 52.4 Å². The van der Waals surface area contributed by atoms with Crippen molar-refractivity contribution in [2.45, 2.75) is 18.8 Å². The molecule has 6 nitrogen and oxygen atoms in total. The number of hydrogen-bond acceptors (Lipinski definition) is 3. The lowest BCUT2D eigenvalue weighted by Crippen LogP contribution is -2.40. The number of carbonyl (C=O) groups is 1. The van der Waals surface area contributed by atoms with Gasteiger partial charge in [-0.3, -0.25) is 0 Å². The number of rotatable bonds is 4. The first kappa shape index (κ1) is 19.5. The smallest absolute Gasteiger partial charge is 0.321 e. The fraction of sp³-hybridized carbons (Fsp3) is 0.318. The van der Waals surface area contributed by atoms with Crippen LogP contribution in [-0.2, 0) is 0 Å². The number of hydrogen-bond donors (Lipinski definition) is 2. The van der Waals surface area contributed by atoms with Gasteiger partial charge in [0.25, 0.3) is 0 Å². The number of nitrogens with one attached hydrogen (secondary N) is 2. The summed E-state index contributed by atoms with van der Waals surface area (Å²) in [5.41, 5.74) is 2.99. The SMILES string of the molecule is COc1ccc(NC(=O)N2CCC(c3cc4cc(Cl)ccc4[nH]3)CC2)cc1OC. The molecule has 0 atom stereocenters. The number of likely N-dealkylation sites (tertiary alicyclic amines) is 1. The number of benzene rings is 2. The topological polar surface area (TPSA) is 66.6 Å². The molecule has 29 heavy (non-hydrogen) atoms. The number of anilines is 1. The Kier molecular flexibility index (Phi) is 5.53. The lowest BCUT2D eigenvalue weighted by molar-refractivity contribution is 0.194. The molecular formula is C22H24ClN3O3. The molecule has 1 fully saturated rings. The Hall–Kier alpha value is -2.86. The molecule has 2 aromatic carbocycles. The van der Waals surface area contributed by atoms with E-state index in [1.165, 1.54) is 5.69 Å². The van der Waals surface area contributed by atoms with Crippen molar-refractivity contribution in [2.24, 2.45) is 0 Å². The molecule has 0 saturated carbocycles. The van der Waals surface area contributed by atoms with Gasteiger partial charge in [-0.1, -0.05) is 11.6 Å². The summed E-state index contributed by atoms with van der Waals surface area (Å²) < 4.78 is 10.5. The summed E-state index contributed by atoms with van der Waals surface area (Å²) in [5.74, 6) is 1.63. The van der Waals surface area contributed by atoms with Gasteiger partial charge in [-0.05, 0) is 49.2 Å². The average molecular weight is 414 g/mol. The zero-order valence-corrected chi connectivity index (χ0v) is 17.3. The van der Waals surface area contributed by atoms with Gasteiger partial charge >= 0.3 is 6.03 Å². The van der Waals surface area contributed by atoms with Crippen molar-refractivity contribution >= 4 is 34.2 Å². The van der Waals surface area contributed by atoms with E-state index in [1.54, 1.807) is 26.4 Å². The Morgan fingerprint density at radius 2 is 1.83 bits per heavy atom. The number of fused-ring (bicyclic) bond motifs is 1. The Bertz CT molecular complexity index is 1030. The van der Waals surface area contributed by atoms with Crippen LogP contribution in [0.25, 0.3) is 10.9 Å². The minimum absolute atomic E-state index is 0.0981. The number of halogens is 1. The van der Waals surface area contributed by atoms with Crippen LogP contribution < -0.4 is 14.8 Å². The number of H-pyrrole nitrogens is 1. The summed E-state index contributed by atoms with van der Waals surface area (Å²) >= 11 is 6.09. The number of urea groups is 1. The number of piperidine rings is 1. The Balaban J connectivity index is 1.38. The van der Waals surface area contributed by atoms with Crippen molar-refractivity contribution in [3.05, 3.63) is 53.2 Å². The minimum Gasteiger partial charge on any atom is -0.493 e. The van der Waals surface area contributed by atoms with E-state index in [4.69, 9.17) is 21.1 Å². The molecular weight excluding hydrogens is 390 g/mol. The zero-order chi connectivity index (χ0) is 20.4. The van der Waals surface area contributed by atoms with E-state index in [0.717, 1.165) is 28.8 Å². The molecule has 3 aromatic rings. The van der Waals surface area contributed by atoms with E-state index in [9.17, 15) is 4.79 Å². The molecule has 4 rings (SSSR count). The quantitative estimate of drug-likeness (QED) is 0.613. The second-order valence-electron chi connectivity index (χ2n) is 7.22. The molecule has 0 radical (unpaired) electrons. The van der Waals surface area contributed by atoms with Crippen LogP contribution in [0.2, 0.25) is 5.02 Å². The summed E-state index contributed by atoms with van der Waals surface area (Å²) in [6.45, 7) is 1.42. The first-order chi connectivity index (χ1) is 14.1. The summed E-state index contributed by atoms with van der Waals surface area (Å²) in [6.07, 6.45) is 1.83. The maximum atomic E-state index is 12.7. The van der Waals surface area contributed by atoms with E-state index in [0.29, 0.717) is 36.2 Å². The van der Waals surface area contributed by atoms with Gasteiger partial charge in [0.1, 0.15) is 0 Å². The number of aromatic nitrogens is 1. The standard InChI is InChI=1S/C22H24ClN3O3/c1-28-20-6-4-17(13-21(20)29-2)24-22(27)26-9-7-14(8-10-26)19-12-15-11-16(23)3-5-18(15)25-19/h3-6,11-14,25H,7-10H2,1-2H3,(H,24,27). The Morgan fingerprint density at radius 1 is 1.07 bits per heavy atom. The summed E-state index contributed by atoms with van der Waals surface area (Å²) in [6, 6.07) is 13.3. The normalized spacial score (nSPS) is 14.8. The van der Waals surface area contributed by atoms with Crippen LogP contribution >= 0.6 is 11.6 Å². The van der Waals surface area contributed by atoms with Crippen LogP contribution in [0.5, 0.6) is 11.5 Å². The zero-order valence-electron chi connectivity index (χ0n) is 16.5. The lowest BCUT2D eigenvalue weighted by Gasteiger charge is -2.31. The fourth-order valence-corrected chi connectivity index (χ4v) is 4.04. The molecule has 2 amide bonds. The fourth-order valence-electron chi connectivity index (χ4n) is 3.86. The van der Waals surface area contributed by atoms with Crippen molar-refractivity contribution in [2.75, 3.05) is 32.6 Å². The van der Waals surface area contributed by atoms with Gasteiger partial charge in [0.2, 0.25) is 0 Å². The third kappa shape index (κ3) is 4.12. The maximum Gasteiger partial charge on any atom is 0.321 e. The predicted octanol–water partition coefficient (Wildman–Crippen LogP) is 5.25. The van der Waals surface area contributed by atoms with E-state index in [-0.39, 0.29) is 6.03 Å². The van der Waals surface area contributed by atoms with Crippen molar-refractivity contribution < 1.29 is 14.3 Å². The number of nitrogens with zero attached hydrogens (tertiary/aromatic N) is 1. The van der Waals surface area contributed by atoms with Gasteiger partial charge in [0.15, 0.2) is 11.5 Å². The van der Waals surface area contributed by atoms with Crippen LogP contribution in [0.3, 0.4) is 0 Å². The molecule has 2 heterocycles. The number of aromatic amines is 1. The molecule has 0 bridgehead atoms. The van der Waals surface area contributed by atoms with Crippen molar-refractivity contribution in [1.82, 2.24) is 9.88 Å². The molecule has 0 aliphatic carbocycles. The first-order valence-corrected chi connectivity index (χ1v) is 10.0. The molecule has 152 valence electrons. The monoisotopic (exact) mass is 413 g/mol. The lowest BCUT2D eigenvalue weighted by atomic mass is 9.94. The second-order valence-corrected chi connectivity index (χ2v) is 7.65.